The molecule has 0 heterocycles. The Kier molecular flexibility index (Phi) is 4.93. The quantitative estimate of drug-likeness (QED) is 0.854. The van der Waals surface area contributed by atoms with Crippen molar-refractivity contribution in [3.63, 3.8) is 0 Å². The standard InChI is InChI=1S/C15H22N2O2/c1-11-4-2-6-13(8-11)17-15(18)10-19-14-7-3-5-12(14)9-16/h2,4,6,8,12,14H,3,5,7,9-10,16H2,1H3,(H,17,18). The zero-order valence-corrected chi connectivity index (χ0v) is 11.4. The summed E-state index contributed by atoms with van der Waals surface area (Å²) in [6, 6.07) is 7.74. The molecule has 0 aromatic heterocycles. The molecule has 1 aromatic rings. The summed E-state index contributed by atoms with van der Waals surface area (Å²) in [5.74, 6) is 0.306. The number of carbonyl (C=O) groups excluding carboxylic acids is 1. The van der Waals surface area contributed by atoms with Crippen LogP contribution in [0.5, 0.6) is 0 Å². The fraction of sp³-hybridized carbons (Fsp3) is 0.533. The molecule has 2 atom stereocenters. The van der Waals surface area contributed by atoms with E-state index in [1.54, 1.807) is 0 Å². The van der Waals surface area contributed by atoms with Gasteiger partial charge in [-0.05, 0) is 49.9 Å². The Hall–Kier alpha value is -1.39. The van der Waals surface area contributed by atoms with Gasteiger partial charge >= 0.3 is 0 Å². The van der Waals surface area contributed by atoms with Crippen molar-refractivity contribution in [3.05, 3.63) is 29.8 Å². The van der Waals surface area contributed by atoms with Crippen LogP contribution in [0.25, 0.3) is 0 Å². The van der Waals surface area contributed by atoms with Crippen LogP contribution in [0.2, 0.25) is 0 Å². The predicted molar refractivity (Wildman–Crippen MR) is 75.9 cm³/mol. The number of nitrogens with two attached hydrogens (primary N) is 1. The summed E-state index contributed by atoms with van der Waals surface area (Å²) in [7, 11) is 0. The second-order valence-corrected chi connectivity index (χ2v) is 5.19. The second-order valence-electron chi connectivity index (χ2n) is 5.19. The minimum absolute atomic E-state index is 0.103. The number of anilines is 1. The molecule has 104 valence electrons. The molecule has 0 bridgehead atoms. The lowest BCUT2D eigenvalue weighted by Crippen LogP contribution is -2.29. The molecule has 4 nitrogen and oxygen atoms in total. The van der Waals surface area contributed by atoms with Gasteiger partial charge in [-0.3, -0.25) is 4.79 Å². The summed E-state index contributed by atoms with van der Waals surface area (Å²) in [5, 5.41) is 2.84. The van der Waals surface area contributed by atoms with E-state index in [-0.39, 0.29) is 18.6 Å². The Morgan fingerprint density at radius 3 is 3.05 bits per heavy atom. The van der Waals surface area contributed by atoms with Crippen molar-refractivity contribution in [3.8, 4) is 0 Å². The molecule has 3 N–H and O–H groups in total. The van der Waals surface area contributed by atoms with Gasteiger partial charge in [0.2, 0.25) is 5.91 Å². The van der Waals surface area contributed by atoms with E-state index < -0.39 is 0 Å². The van der Waals surface area contributed by atoms with Crippen LogP contribution in [0.3, 0.4) is 0 Å². The Morgan fingerprint density at radius 1 is 1.47 bits per heavy atom. The van der Waals surface area contributed by atoms with Crippen molar-refractivity contribution >= 4 is 11.6 Å². The van der Waals surface area contributed by atoms with Gasteiger partial charge in [-0.1, -0.05) is 18.6 Å². The first-order valence-corrected chi connectivity index (χ1v) is 6.87. The Bertz CT molecular complexity index is 434. The third-order valence-electron chi connectivity index (χ3n) is 3.62. The maximum absolute atomic E-state index is 11.8. The number of hydrogen-bond donors (Lipinski definition) is 2. The summed E-state index contributed by atoms with van der Waals surface area (Å²) in [4.78, 5) is 11.8. The number of benzene rings is 1. The molecule has 0 aliphatic heterocycles. The van der Waals surface area contributed by atoms with Gasteiger partial charge in [0.05, 0.1) is 6.10 Å². The number of carbonyl (C=O) groups is 1. The molecular formula is C15H22N2O2. The van der Waals surface area contributed by atoms with Crippen LogP contribution in [0.15, 0.2) is 24.3 Å². The minimum Gasteiger partial charge on any atom is -0.368 e. The van der Waals surface area contributed by atoms with Gasteiger partial charge in [0.15, 0.2) is 0 Å². The van der Waals surface area contributed by atoms with Crippen molar-refractivity contribution in [1.82, 2.24) is 0 Å². The number of rotatable bonds is 5. The first-order valence-electron chi connectivity index (χ1n) is 6.87. The fourth-order valence-electron chi connectivity index (χ4n) is 2.59. The van der Waals surface area contributed by atoms with Crippen LogP contribution in [-0.2, 0) is 9.53 Å². The van der Waals surface area contributed by atoms with Crippen molar-refractivity contribution in [2.75, 3.05) is 18.5 Å². The topological polar surface area (TPSA) is 64.3 Å². The Morgan fingerprint density at radius 2 is 2.32 bits per heavy atom. The van der Waals surface area contributed by atoms with Gasteiger partial charge in [0.25, 0.3) is 0 Å². The molecule has 19 heavy (non-hydrogen) atoms. The third-order valence-corrected chi connectivity index (χ3v) is 3.62. The van der Waals surface area contributed by atoms with E-state index in [4.69, 9.17) is 10.5 Å². The van der Waals surface area contributed by atoms with Crippen molar-refractivity contribution in [2.24, 2.45) is 11.7 Å². The third kappa shape index (κ3) is 4.04. The first kappa shape index (κ1) is 14.0. The van der Waals surface area contributed by atoms with Crippen LogP contribution >= 0.6 is 0 Å². The van der Waals surface area contributed by atoms with Gasteiger partial charge in [0, 0.05) is 5.69 Å². The zero-order chi connectivity index (χ0) is 13.7. The summed E-state index contributed by atoms with van der Waals surface area (Å²) in [5.41, 5.74) is 7.63. The molecular weight excluding hydrogens is 240 g/mol. The van der Waals surface area contributed by atoms with Gasteiger partial charge < -0.3 is 15.8 Å². The maximum atomic E-state index is 11.8. The van der Waals surface area contributed by atoms with E-state index in [0.29, 0.717) is 12.5 Å². The normalized spacial score (nSPS) is 22.4. The predicted octanol–water partition coefficient (Wildman–Crippen LogP) is 2.08. The zero-order valence-electron chi connectivity index (χ0n) is 11.4. The molecule has 0 spiro atoms. The van der Waals surface area contributed by atoms with E-state index in [1.807, 2.05) is 31.2 Å². The van der Waals surface area contributed by atoms with Crippen LogP contribution < -0.4 is 11.1 Å². The number of amides is 1. The van der Waals surface area contributed by atoms with Crippen LogP contribution in [-0.4, -0.2) is 25.2 Å². The number of nitrogens with one attached hydrogen (secondary N) is 1. The smallest absolute Gasteiger partial charge is 0.250 e. The Balaban J connectivity index is 1.78. The minimum atomic E-state index is -0.103. The molecule has 1 aliphatic carbocycles. The fourth-order valence-corrected chi connectivity index (χ4v) is 2.59. The van der Waals surface area contributed by atoms with E-state index in [1.165, 1.54) is 0 Å². The molecule has 1 amide bonds. The molecule has 2 unspecified atom stereocenters. The van der Waals surface area contributed by atoms with Gasteiger partial charge in [-0.2, -0.15) is 0 Å². The first-order chi connectivity index (χ1) is 9.19. The summed E-state index contributed by atoms with van der Waals surface area (Å²) < 4.78 is 5.68. The largest absolute Gasteiger partial charge is 0.368 e. The van der Waals surface area contributed by atoms with E-state index in [9.17, 15) is 4.79 Å². The van der Waals surface area contributed by atoms with E-state index in [2.05, 4.69) is 5.32 Å². The second kappa shape index (κ2) is 6.68. The van der Waals surface area contributed by atoms with E-state index >= 15 is 0 Å². The molecule has 2 rings (SSSR count). The highest BCUT2D eigenvalue weighted by Crippen LogP contribution is 2.27. The molecule has 1 saturated carbocycles. The molecule has 1 aromatic carbocycles. The van der Waals surface area contributed by atoms with Crippen LogP contribution in [0.4, 0.5) is 5.69 Å². The highest BCUT2D eigenvalue weighted by atomic mass is 16.5. The summed E-state index contributed by atoms with van der Waals surface area (Å²) >= 11 is 0. The average molecular weight is 262 g/mol. The molecule has 1 fully saturated rings. The SMILES string of the molecule is Cc1cccc(NC(=O)COC2CCCC2CN)c1. The lowest BCUT2D eigenvalue weighted by molar-refractivity contribution is -0.123. The monoisotopic (exact) mass is 262 g/mol. The maximum Gasteiger partial charge on any atom is 0.250 e. The summed E-state index contributed by atoms with van der Waals surface area (Å²) in [6.07, 6.45) is 3.42. The molecule has 1 aliphatic rings. The van der Waals surface area contributed by atoms with Gasteiger partial charge in [0.1, 0.15) is 6.61 Å². The van der Waals surface area contributed by atoms with Crippen LogP contribution in [0.1, 0.15) is 24.8 Å². The van der Waals surface area contributed by atoms with Gasteiger partial charge in [-0.15, -0.1) is 0 Å². The number of ether oxygens (including phenoxy) is 1. The van der Waals surface area contributed by atoms with Crippen molar-refractivity contribution in [2.45, 2.75) is 32.3 Å². The van der Waals surface area contributed by atoms with E-state index in [0.717, 1.165) is 30.5 Å². The highest BCUT2D eigenvalue weighted by Gasteiger charge is 2.27. The lowest BCUT2D eigenvalue weighted by atomic mass is 10.1. The van der Waals surface area contributed by atoms with Crippen molar-refractivity contribution in [1.29, 1.82) is 0 Å². The summed E-state index contributed by atoms with van der Waals surface area (Å²) in [6.45, 7) is 2.75. The molecule has 4 heteroatoms. The molecule has 0 saturated heterocycles. The molecule has 0 radical (unpaired) electrons. The Labute approximate surface area is 114 Å². The number of aryl methyl sites for hydroxylation is 1. The number of hydrogen-bond acceptors (Lipinski definition) is 3. The van der Waals surface area contributed by atoms with Crippen LogP contribution in [0, 0.1) is 12.8 Å². The lowest BCUT2D eigenvalue weighted by Gasteiger charge is -2.18. The highest BCUT2D eigenvalue weighted by molar-refractivity contribution is 5.91. The van der Waals surface area contributed by atoms with Crippen molar-refractivity contribution < 1.29 is 9.53 Å². The van der Waals surface area contributed by atoms with Gasteiger partial charge in [-0.25, -0.2) is 0 Å². The average Bonchev–Trinajstić information content (AvgIpc) is 2.83.